The van der Waals surface area contributed by atoms with Crippen LogP contribution in [-0.2, 0) is 0 Å². The van der Waals surface area contributed by atoms with Crippen LogP contribution in [0, 0.1) is 13.8 Å². The molecule has 0 spiro atoms. The van der Waals surface area contributed by atoms with E-state index in [2.05, 4.69) is 35.1 Å². The van der Waals surface area contributed by atoms with Gasteiger partial charge in [-0.1, -0.05) is 17.3 Å². The van der Waals surface area contributed by atoms with E-state index in [1.807, 2.05) is 41.3 Å². The summed E-state index contributed by atoms with van der Waals surface area (Å²) in [6, 6.07) is 14.1. The molecule has 0 radical (unpaired) electrons. The van der Waals surface area contributed by atoms with Gasteiger partial charge in [0.05, 0.1) is 19.0 Å². The largest absolute Gasteiger partial charge is 0.497 e. The van der Waals surface area contributed by atoms with E-state index >= 15 is 0 Å². The van der Waals surface area contributed by atoms with Crippen LogP contribution in [0.5, 0.6) is 5.75 Å². The minimum Gasteiger partial charge on any atom is -0.497 e. The number of hydrogen-bond acceptors (Lipinski definition) is 5. The summed E-state index contributed by atoms with van der Waals surface area (Å²) in [5.41, 5.74) is 4.79. The van der Waals surface area contributed by atoms with Crippen molar-refractivity contribution in [2.24, 2.45) is 0 Å². The summed E-state index contributed by atoms with van der Waals surface area (Å²) in [5, 5.41) is 8.26. The number of carbonyl (C=O) groups excluding carboxylic acids is 1. The molecule has 0 bridgehead atoms. The van der Waals surface area contributed by atoms with Crippen molar-refractivity contribution >= 4 is 11.6 Å². The van der Waals surface area contributed by atoms with Crippen LogP contribution in [0.3, 0.4) is 0 Å². The number of rotatable bonds is 4. The lowest BCUT2D eigenvalue weighted by molar-refractivity contribution is 0.0740. The molecule has 1 saturated heterocycles. The molecule has 0 unspecified atom stereocenters. The molecule has 1 fully saturated rings. The van der Waals surface area contributed by atoms with Crippen LogP contribution >= 0.6 is 0 Å². The van der Waals surface area contributed by atoms with Crippen molar-refractivity contribution in [1.29, 1.82) is 0 Å². The highest BCUT2D eigenvalue weighted by molar-refractivity contribution is 5.92. The molecule has 1 aromatic heterocycles. The molecular weight excluding hydrogens is 366 g/mol. The van der Waals surface area contributed by atoms with Crippen LogP contribution < -0.4 is 9.64 Å². The van der Waals surface area contributed by atoms with Gasteiger partial charge in [0.2, 0.25) is 0 Å². The zero-order valence-corrected chi connectivity index (χ0v) is 17.0. The molecule has 2 heterocycles. The van der Waals surface area contributed by atoms with E-state index in [0.717, 1.165) is 30.2 Å². The maximum atomic E-state index is 12.9. The predicted molar refractivity (Wildman–Crippen MR) is 112 cm³/mol. The SMILES string of the molecule is COc1cccc(N2CCN(C(=O)c3cn(-c4ccc(C)c(C)c4)nn3)CC2)c1. The second-order valence-electron chi connectivity index (χ2n) is 7.30. The van der Waals surface area contributed by atoms with Gasteiger partial charge in [-0.25, -0.2) is 4.68 Å². The van der Waals surface area contributed by atoms with Crippen LogP contribution in [0.2, 0.25) is 0 Å². The average Bonchev–Trinajstić information content (AvgIpc) is 3.25. The van der Waals surface area contributed by atoms with Crippen LogP contribution in [0.25, 0.3) is 5.69 Å². The van der Waals surface area contributed by atoms with Gasteiger partial charge in [0.15, 0.2) is 5.69 Å². The average molecular weight is 391 g/mol. The van der Waals surface area contributed by atoms with Gasteiger partial charge in [-0.05, 0) is 49.2 Å². The number of carbonyl (C=O) groups is 1. The first-order valence-corrected chi connectivity index (χ1v) is 9.73. The summed E-state index contributed by atoms with van der Waals surface area (Å²) in [4.78, 5) is 17.0. The van der Waals surface area contributed by atoms with E-state index in [1.54, 1.807) is 18.0 Å². The molecule has 29 heavy (non-hydrogen) atoms. The van der Waals surface area contributed by atoms with E-state index < -0.39 is 0 Å². The van der Waals surface area contributed by atoms with E-state index in [0.29, 0.717) is 18.8 Å². The Morgan fingerprint density at radius 1 is 0.966 bits per heavy atom. The molecule has 1 amide bonds. The first-order valence-electron chi connectivity index (χ1n) is 9.73. The highest BCUT2D eigenvalue weighted by atomic mass is 16.5. The number of aryl methyl sites for hydroxylation is 2. The first-order chi connectivity index (χ1) is 14.0. The molecule has 7 heteroatoms. The number of methoxy groups -OCH3 is 1. The van der Waals surface area contributed by atoms with E-state index in [9.17, 15) is 4.79 Å². The molecule has 150 valence electrons. The molecule has 1 aliphatic heterocycles. The number of anilines is 1. The topological polar surface area (TPSA) is 63.5 Å². The van der Waals surface area contributed by atoms with Gasteiger partial charge in [0.1, 0.15) is 5.75 Å². The Morgan fingerprint density at radius 3 is 2.48 bits per heavy atom. The fourth-order valence-corrected chi connectivity index (χ4v) is 3.49. The Bertz CT molecular complexity index is 1020. The van der Waals surface area contributed by atoms with E-state index in [4.69, 9.17) is 4.74 Å². The van der Waals surface area contributed by atoms with Gasteiger partial charge in [0, 0.05) is 37.9 Å². The van der Waals surface area contributed by atoms with Crippen molar-refractivity contribution in [1.82, 2.24) is 19.9 Å². The highest BCUT2D eigenvalue weighted by Gasteiger charge is 2.24. The second kappa shape index (κ2) is 7.95. The van der Waals surface area contributed by atoms with Crippen molar-refractivity contribution in [2.75, 3.05) is 38.2 Å². The van der Waals surface area contributed by atoms with Crippen LogP contribution in [0.15, 0.2) is 48.7 Å². The standard InChI is InChI=1S/C22H25N5O2/c1-16-7-8-19(13-17(16)2)27-15-21(23-24-27)22(28)26-11-9-25(10-12-26)18-5-4-6-20(14-18)29-3/h4-8,13-15H,9-12H2,1-3H3. The minimum atomic E-state index is -0.0784. The zero-order chi connectivity index (χ0) is 20.4. The predicted octanol–water partition coefficient (Wildman–Crippen LogP) is 2.86. The lowest BCUT2D eigenvalue weighted by Gasteiger charge is -2.35. The van der Waals surface area contributed by atoms with E-state index in [1.165, 1.54) is 11.1 Å². The second-order valence-corrected chi connectivity index (χ2v) is 7.30. The number of amides is 1. The van der Waals surface area contributed by atoms with E-state index in [-0.39, 0.29) is 5.91 Å². The fourth-order valence-electron chi connectivity index (χ4n) is 3.49. The van der Waals surface area contributed by atoms with Crippen molar-refractivity contribution in [3.8, 4) is 11.4 Å². The van der Waals surface area contributed by atoms with Gasteiger partial charge in [0.25, 0.3) is 5.91 Å². The summed E-state index contributed by atoms with van der Waals surface area (Å²) in [6.07, 6.45) is 1.71. The van der Waals surface area contributed by atoms with Crippen molar-refractivity contribution in [2.45, 2.75) is 13.8 Å². The monoisotopic (exact) mass is 391 g/mol. The molecule has 2 aromatic carbocycles. The Hall–Kier alpha value is -3.35. The quantitative estimate of drug-likeness (QED) is 0.684. The molecule has 0 aliphatic carbocycles. The van der Waals surface area contributed by atoms with Crippen LogP contribution in [0.1, 0.15) is 21.6 Å². The Morgan fingerprint density at radius 2 is 1.76 bits per heavy atom. The number of nitrogens with zero attached hydrogens (tertiary/aromatic N) is 5. The maximum Gasteiger partial charge on any atom is 0.276 e. The Kier molecular flexibility index (Phi) is 5.20. The van der Waals surface area contributed by atoms with Gasteiger partial charge >= 0.3 is 0 Å². The molecule has 0 N–H and O–H groups in total. The van der Waals surface area contributed by atoms with Crippen LogP contribution in [0.4, 0.5) is 5.69 Å². The molecular formula is C22H25N5O2. The van der Waals surface area contributed by atoms with Gasteiger partial charge in [-0.3, -0.25) is 4.79 Å². The first kappa shape index (κ1) is 19.0. The molecule has 0 atom stereocenters. The number of ether oxygens (including phenoxy) is 1. The zero-order valence-electron chi connectivity index (χ0n) is 17.0. The third-order valence-electron chi connectivity index (χ3n) is 5.45. The number of benzene rings is 2. The summed E-state index contributed by atoms with van der Waals surface area (Å²) in [6.45, 7) is 6.96. The van der Waals surface area contributed by atoms with Crippen LogP contribution in [-0.4, -0.2) is 59.1 Å². The minimum absolute atomic E-state index is 0.0784. The highest BCUT2D eigenvalue weighted by Crippen LogP contribution is 2.22. The summed E-state index contributed by atoms with van der Waals surface area (Å²) >= 11 is 0. The molecule has 3 aromatic rings. The molecule has 0 saturated carbocycles. The lowest BCUT2D eigenvalue weighted by Crippen LogP contribution is -2.48. The van der Waals surface area contributed by atoms with Gasteiger partial charge < -0.3 is 14.5 Å². The Balaban J connectivity index is 1.42. The molecule has 4 rings (SSSR count). The number of piperazine rings is 1. The van der Waals surface area contributed by atoms with Crippen molar-refractivity contribution in [3.05, 3.63) is 65.5 Å². The number of aromatic nitrogens is 3. The molecule has 7 nitrogen and oxygen atoms in total. The number of hydrogen-bond donors (Lipinski definition) is 0. The maximum absolute atomic E-state index is 12.9. The third-order valence-corrected chi connectivity index (χ3v) is 5.45. The van der Waals surface area contributed by atoms with Crippen molar-refractivity contribution in [3.63, 3.8) is 0 Å². The summed E-state index contributed by atoms with van der Waals surface area (Å²) < 4.78 is 6.97. The van der Waals surface area contributed by atoms with Crippen molar-refractivity contribution < 1.29 is 9.53 Å². The van der Waals surface area contributed by atoms with Gasteiger partial charge in [-0.2, -0.15) is 0 Å². The summed E-state index contributed by atoms with van der Waals surface area (Å²) in [7, 11) is 1.67. The fraction of sp³-hybridized carbons (Fsp3) is 0.318. The molecule has 1 aliphatic rings. The normalized spacial score (nSPS) is 14.2. The lowest BCUT2D eigenvalue weighted by atomic mass is 10.1. The summed E-state index contributed by atoms with van der Waals surface area (Å²) in [5.74, 6) is 0.759. The smallest absolute Gasteiger partial charge is 0.276 e. The Labute approximate surface area is 170 Å². The third kappa shape index (κ3) is 3.94. The van der Waals surface area contributed by atoms with Gasteiger partial charge in [-0.15, -0.1) is 5.10 Å².